The third-order valence-corrected chi connectivity index (χ3v) is 1.54. The highest BCUT2D eigenvalue weighted by Crippen LogP contribution is 1.96. The average molecular weight is 169 g/mol. The Morgan fingerprint density at radius 3 is 2.82 bits per heavy atom. The summed E-state index contributed by atoms with van der Waals surface area (Å²) in [6.45, 7) is 0. The maximum absolute atomic E-state index is 10.2. The Balaban J connectivity index is 2.74. The summed E-state index contributed by atoms with van der Waals surface area (Å²) >= 11 is 0. The van der Waals surface area contributed by atoms with E-state index >= 15 is 0 Å². The van der Waals surface area contributed by atoms with Crippen molar-refractivity contribution in [2.45, 2.75) is 6.42 Å². The lowest BCUT2D eigenvalue weighted by Gasteiger charge is -1.95. The van der Waals surface area contributed by atoms with Gasteiger partial charge in [0, 0.05) is 6.20 Å². The minimum Gasteiger partial charge on any atom is -0.481 e. The van der Waals surface area contributed by atoms with E-state index in [4.69, 9.17) is 5.11 Å². The van der Waals surface area contributed by atoms with E-state index in [1.807, 2.05) is 0 Å². The van der Waals surface area contributed by atoms with E-state index in [0.29, 0.717) is 0 Å². The van der Waals surface area contributed by atoms with Gasteiger partial charge in [0.15, 0.2) is 0 Å². The summed E-state index contributed by atoms with van der Waals surface area (Å²) in [4.78, 5) is 14.2. The first-order chi connectivity index (χ1) is 5.18. The lowest BCUT2D eigenvalue weighted by molar-refractivity contribution is -0.136. The molecule has 0 radical (unpaired) electrons. The van der Waals surface area contributed by atoms with Crippen LogP contribution in [-0.2, 0) is 11.2 Å². The number of pyridine rings is 1. The second kappa shape index (κ2) is 3.44. The van der Waals surface area contributed by atoms with Crippen LogP contribution in [0.4, 0.5) is 0 Å². The standard InChI is InChI=1S/C7H8NO2P/c9-7(10)3-5-1-2-6(11)8-4-5/h1-2,4H,3,11H2,(H,9,10). The Kier molecular flexibility index (Phi) is 2.55. The van der Waals surface area contributed by atoms with Crippen molar-refractivity contribution in [3.05, 3.63) is 23.9 Å². The number of carboxylic acids is 1. The van der Waals surface area contributed by atoms with Crippen LogP contribution in [0.3, 0.4) is 0 Å². The molecule has 1 atom stereocenters. The van der Waals surface area contributed by atoms with Crippen LogP contribution >= 0.6 is 9.24 Å². The van der Waals surface area contributed by atoms with E-state index in [9.17, 15) is 4.79 Å². The molecular formula is C7H8NO2P. The van der Waals surface area contributed by atoms with Crippen LogP contribution in [-0.4, -0.2) is 16.1 Å². The molecule has 0 aliphatic heterocycles. The molecule has 1 unspecified atom stereocenters. The molecule has 1 heterocycles. The summed E-state index contributed by atoms with van der Waals surface area (Å²) in [7, 11) is 2.44. The lowest BCUT2D eigenvalue weighted by atomic mass is 10.2. The maximum atomic E-state index is 10.2. The Hall–Kier alpha value is -0.950. The smallest absolute Gasteiger partial charge is 0.307 e. The van der Waals surface area contributed by atoms with Crippen LogP contribution in [0, 0.1) is 0 Å². The van der Waals surface area contributed by atoms with Gasteiger partial charge in [0.25, 0.3) is 0 Å². The summed E-state index contributed by atoms with van der Waals surface area (Å²) in [5.74, 6) is -0.830. The molecular weight excluding hydrogens is 161 g/mol. The van der Waals surface area contributed by atoms with Crippen molar-refractivity contribution >= 4 is 20.6 Å². The van der Waals surface area contributed by atoms with Crippen molar-refractivity contribution in [2.24, 2.45) is 0 Å². The number of aliphatic carboxylic acids is 1. The molecule has 11 heavy (non-hydrogen) atoms. The molecule has 0 spiro atoms. The molecule has 1 N–H and O–H groups in total. The first-order valence-corrected chi connectivity index (χ1v) is 3.68. The normalized spacial score (nSPS) is 9.55. The van der Waals surface area contributed by atoms with Gasteiger partial charge in [-0.05, 0) is 11.6 Å². The van der Waals surface area contributed by atoms with Crippen molar-refractivity contribution in [1.82, 2.24) is 4.98 Å². The highest BCUT2D eigenvalue weighted by atomic mass is 31.0. The second-order valence-corrected chi connectivity index (χ2v) is 2.75. The molecule has 0 aromatic carbocycles. The fourth-order valence-corrected chi connectivity index (χ4v) is 0.886. The number of carbonyl (C=O) groups is 1. The molecule has 1 rings (SSSR count). The van der Waals surface area contributed by atoms with E-state index in [-0.39, 0.29) is 6.42 Å². The molecule has 0 bridgehead atoms. The fraction of sp³-hybridized carbons (Fsp3) is 0.143. The highest BCUT2D eigenvalue weighted by molar-refractivity contribution is 7.26. The zero-order valence-corrected chi connectivity index (χ0v) is 6.97. The molecule has 3 nitrogen and oxygen atoms in total. The molecule has 0 aliphatic rings. The highest BCUT2D eigenvalue weighted by Gasteiger charge is 1.98. The number of nitrogens with zero attached hydrogens (tertiary/aromatic N) is 1. The van der Waals surface area contributed by atoms with Gasteiger partial charge in [0.1, 0.15) is 0 Å². The van der Waals surface area contributed by atoms with Gasteiger partial charge < -0.3 is 5.11 Å². The van der Waals surface area contributed by atoms with Crippen molar-refractivity contribution in [3.63, 3.8) is 0 Å². The molecule has 0 saturated heterocycles. The van der Waals surface area contributed by atoms with Gasteiger partial charge in [0.2, 0.25) is 0 Å². The predicted octanol–water partition coefficient (Wildman–Crippen LogP) is 0.209. The van der Waals surface area contributed by atoms with E-state index in [1.165, 1.54) is 0 Å². The van der Waals surface area contributed by atoms with Crippen LogP contribution < -0.4 is 5.44 Å². The zero-order chi connectivity index (χ0) is 8.27. The van der Waals surface area contributed by atoms with Crippen molar-refractivity contribution < 1.29 is 9.90 Å². The van der Waals surface area contributed by atoms with Crippen molar-refractivity contribution in [1.29, 1.82) is 0 Å². The fourth-order valence-electron chi connectivity index (χ4n) is 0.715. The number of aromatic nitrogens is 1. The Bertz CT molecular complexity index is 258. The van der Waals surface area contributed by atoms with E-state index in [1.54, 1.807) is 18.3 Å². The third kappa shape index (κ3) is 2.64. The SMILES string of the molecule is O=C(O)Cc1ccc(P)nc1. The summed E-state index contributed by atoms with van der Waals surface area (Å²) < 4.78 is 0. The van der Waals surface area contributed by atoms with Crippen molar-refractivity contribution in [3.8, 4) is 0 Å². The minimum atomic E-state index is -0.830. The average Bonchev–Trinajstić information content (AvgIpc) is 1.93. The monoisotopic (exact) mass is 169 g/mol. The van der Waals surface area contributed by atoms with Crippen LogP contribution in [0.1, 0.15) is 5.56 Å². The first-order valence-electron chi connectivity index (χ1n) is 3.10. The van der Waals surface area contributed by atoms with Crippen molar-refractivity contribution in [2.75, 3.05) is 0 Å². The van der Waals surface area contributed by atoms with Crippen LogP contribution in [0.25, 0.3) is 0 Å². The first kappa shape index (κ1) is 8.15. The Morgan fingerprint density at radius 1 is 1.64 bits per heavy atom. The van der Waals surface area contributed by atoms with Gasteiger partial charge in [0.05, 0.1) is 11.9 Å². The summed E-state index contributed by atoms with van der Waals surface area (Å²) in [5.41, 5.74) is 1.54. The maximum Gasteiger partial charge on any atom is 0.307 e. The van der Waals surface area contributed by atoms with Gasteiger partial charge >= 0.3 is 5.97 Å². The van der Waals surface area contributed by atoms with Crippen LogP contribution in [0.2, 0.25) is 0 Å². The quantitative estimate of drug-likeness (QED) is 0.644. The number of carboxylic acid groups (broad SMARTS) is 1. The topological polar surface area (TPSA) is 50.2 Å². The minimum absolute atomic E-state index is 0.0396. The number of hydrogen-bond acceptors (Lipinski definition) is 2. The van der Waals surface area contributed by atoms with Gasteiger partial charge in [-0.25, -0.2) is 0 Å². The summed E-state index contributed by atoms with van der Waals surface area (Å²) in [6.07, 6.45) is 1.61. The summed E-state index contributed by atoms with van der Waals surface area (Å²) in [5, 5.41) is 8.40. The molecule has 0 amide bonds. The zero-order valence-electron chi connectivity index (χ0n) is 5.82. The Labute approximate surface area is 66.7 Å². The molecule has 0 fully saturated rings. The summed E-state index contributed by atoms with van der Waals surface area (Å²) in [6, 6.07) is 3.52. The molecule has 0 saturated carbocycles. The molecule has 0 aliphatic carbocycles. The van der Waals surface area contributed by atoms with Gasteiger partial charge in [-0.3, -0.25) is 9.78 Å². The Morgan fingerprint density at radius 2 is 2.36 bits per heavy atom. The van der Waals surface area contributed by atoms with Crippen LogP contribution in [0.15, 0.2) is 18.3 Å². The van der Waals surface area contributed by atoms with E-state index < -0.39 is 5.97 Å². The van der Waals surface area contributed by atoms with E-state index in [0.717, 1.165) is 11.0 Å². The van der Waals surface area contributed by atoms with E-state index in [2.05, 4.69) is 14.2 Å². The molecule has 1 aromatic heterocycles. The molecule has 58 valence electrons. The largest absolute Gasteiger partial charge is 0.481 e. The van der Waals surface area contributed by atoms with Crippen LogP contribution in [0.5, 0.6) is 0 Å². The second-order valence-electron chi connectivity index (χ2n) is 2.16. The van der Waals surface area contributed by atoms with Gasteiger partial charge in [-0.2, -0.15) is 0 Å². The van der Waals surface area contributed by atoms with Gasteiger partial charge in [-0.1, -0.05) is 15.3 Å². The third-order valence-electron chi connectivity index (χ3n) is 1.20. The molecule has 4 heteroatoms. The van der Waals surface area contributed by atoms with Gasteiger partial charge in [-0.15, -0.1) is 0 Å². The number of rotatable bonds is 2. The number of hydrogen-bond donors (Lipinski definition) is 1. The molecule has 1 aromatic rings. The predicted molar refractivity (Wildman–Crippen MR) is 44.9 cm³/mol. The lowest BCUT2D eigenvalue weighted by Crippen LogP contribution is -2.03.